The summed E-state index contributed by atoms with van der Waals surface area (Å²) in [6, 6.07) is 6.02. The number of carbonyl (C=O) groups is 3. The zero-order chi connectivity index (χ0) is 17.1. The number of rotatable bonds is 4. The number of imide groups is 1. The lowest BCUT2D eigenvalue weighted by atomic mass is 10.2. The molecule has 128 valence electrons. The SMILES string of the molecule is CCOC(=O)c1ccc(N2C(=O)C[C@@H]([NH+]3CCOCC3)C2=O)cc1. The molecule has 0 bridgehead atoms. The molecule has 1 atom stereocenters. The first-order valence-corrected chi connectivity index (χ1v) is 8.18. The van der Waals surface area contributed by atoms with Gasteiger partial charge in [-0.05, 0) is 31.2 Å². The number of esters is 1. The molecule has 1 N–H and O–H groups in total. The minimum atomic E-state index is -0.418. The van der Waals surface area contributed by atoms with Gasteiger partial charge in [0.2, 0.25) is 5.91 Å². The van der Waals surface area contributed by atoms with E-state index in [1.54, 1.807) is 31.2 Å². The van der Waals surface area contributed by atoms with Crippen molar-refractivity contribution in [2.45, 2.75) is 19.4 Å². The Balaban J connectivity index is 1.75. The molecule has 24 heavy (non-hydrogen) atoms. The predicted octanol–water partition coefficient (Wildman–Crippen LogP) is -0.590. The van der Waals surface area contributed by atoms with Gasteiger partial charge in [0, 0.05) is 0 Å². The van der Waals surface area contributed by atoms with E-state index in [9.17, 15) is 14.4 Å². The maximum absolute atomic E-state index is 12.7. The first-order chi connectivity index (χ1) is 11.6. The van der Waals surface area contributed by atoms with Crippen LogP contribution in [0.2, 0.25) is 0 Å². The third-order valence-corrected chi connectivity index (χ3v) is 4.41. The van der Waals surface area contributed by atoms with Crippen LogP contribution in [0.25, 0.3) is 0 Å². The number of anilines is 1. The Kier molecular flexibility index (Phi) is 4.92. The van der Waals surface area contributed by atoms with Crippen molar-refractivity contribution < 1.29 is 28.8 Å². The number of benzene rings is 1. The molecule has 3 rings (SSSR count). The van der Waals surface area contributed by atoms with Gasteiger partial charge in [-0.3, -0.25) is 9.59 Å². The number of nitrogens with one attached hydrogen (secondary N) is 1. The normalized spacial score (nSPS) is 22.0. The lowest BCUT2D eigenvalue weighted by molar-refractivity contribution is -0.922. The molecule has 0 unspecified atom stereocenters. The van der Waals surface area contributed by atoms with Gasteiger partial charge in [-0.1, -0.05) is 0 Å². The van der Waals surface area contributed by atoms with Crippen molar-refractivity contribution in [1.29, 1.82) is 0 Å². The van der Waals surface area contributed by atoms with Crippen molar-refractivity contribution in [3.05, 3.63) is 29.8 Å². The van der Waals surface area contributed by atoms with Crippen LogP contribution in [-0.2, 0) is 19.1 Å². The third-order valence-electron chi connectivity index (χ3n) is 4.41. The second-order valence-corrected chi connectivity index (χ2v) is 5.86. The van der Waals surface area contributed by atoms with Crippen LogP contribution in [0.5, 0.6) is 0 Å². The zero-order valence-corrected chi connectivity index (χ0v) is 13.6. The number of quaternary nitrogens is 1. The summed E-state index contributed by atoms with van der Waals surface area (Å²) in [5, 5.41) is 0. The summed E-state index contributed by atoms with van der Waals surface area (Å²) in [6.45, 7) is 4.73. The highest BCUT2D eigenvalue weighted by atomic mass is 16.5. The Morgan fingerprint density at radius 1 is 1.25 bits per heavy atom. The summed E-state index contributed by atoms with van der Waals surface area (Å²) >= 11 is 0. The molecule has 2 aliphatic rings. The predicted molar refractivity (Wildman–Crippen MR) is 84.8 cm³/mol. The molecule has 1 aromatic rings. The zero-order valence-electron chi connectivity index (χ0n) is 13.6. The minimum absolute atomic E-state index is 0.180. The van der Waals surface area contributed by atoms with Crippen LogP contribution in [-0.4, -0.2) is 56.7 Å². The molecule has 7 heteroatoms. The van der Waals surface area contributed by atoms with E-state index in [1.807, 2.05) is 0 Å². The molecule has 2 heterocycles. The standard InChI is InChI=1S/C17H20N2O5/c1-2-24-17(22)12-3-5-13(6-4-12)19-15(20)11-14(16(19)21)18-7-9-23-10-8-18/h3-6,14H,2,7-11H2,1H3/p+1/t14-/m1/s1. The van der Waals surface area contributed by atoms with Gasteiger partial charge in [-0.25, -0.2) is 9.69 Å². The van der Waals surface area contributed by atoms with Crippen LogP contribution in [0, 0.1) is 0 Å². The van der Waals surface area contributed by atoms with Gasteiger partial charge in [0.1, 0.15) is 13.1 Å². The largest absolute Gasteiger partial charge is 0.462 e. The van der Waals surface area contributed by atoms with Gasteiger partial charge in [0.05, 0.1) is 37.5 Å². The topological polar surface area (TPSA) is 77.3 Å². The quantitative estimate of drug-likeness (QED) is 0.589. The van der Waals surface area contributed by atoms with Crippen molar-refractivity contribution in [2.75, 3.05) is 37.8 Å². The van der Waals surface area contributed by atoms with E-state index in [0.717, 1.165) is 18.0 Å². The number of hydrogen-bond donors (Lipinski definition) is 1. The molecule has 2 saturated heterocycles. The van der Waals surface area contributed by atoms with Crippen LogP contribution in [0.15, 0.2) is 24.3 Å². The summed E-state index contributed by atoms with van der Waals surface area (Å²) in [6.07, 6.45) is 0.216. The summed E-state index contributed by atoms with van der Waals surface area (Å²) in [4.78, 5) is 39.0. The average molecular weight is 333 g/mol. The van der Waals surface area contributed by atoms with Crippen molar-refractivity contribution in [1.82, 2.24) is 0 Å². The van der Waals surface area contributed by atoms with Crippen molar-refractivity contribution >= 4 is 23.5 Å². The van der Waals surface area contributed by atoms with Crippen LogP contribution in [0.4, 0.5) is 5.69 Å². The molecule has 0 radical (unpaired) electrons. The van der Waals surface area contributed by atoms with Gasteiger partial charge in [-0.15, -0.1) is 0 Å². The van der Waals surface area contributed by atoms with E-state index >= 15 is 0 Å². The Hall–Kier alpha value is -2.25. The Labute approximate surface area is 140 Å². The number of nitrogens with zero attached hydrogens (tertiary/aromatic N) is 1. The van der Waals surface area contributed by atoms with Crippen LogP contribution in [0.3, 0.4) is 0 Å². The fraction of sp³-hybridized carbons (Fsp3) is 0.471. The van der Waals surface area contributed by atoms with Gasteiger partial charge in [0.25, 0.3) is 5.91 Å². The maximum atomic E-state index is 12.7. The van der Waals surface area contributed by atoms with E-state index in [4.69, 9.17) is 9.47 Å². The van der Waals surface area contributed by atoms with E-state index in [0.29, 0.717) is 31.1 Å². The van der Waals surface area contributed by atoms with E-state index in [-0.39, 0.29) is 24.3 Å². The fourth-order valence-corrected chi connectivity index (χ4v) is 3.17. The second-order valence-electron chi connectivity index (χ2n) is 5.86. The Bertz CT molecular complexity index is 637. The highest BCUT2D eigenvalue weighted by molar-refractivity contribution is 6.21. The van der Waals surface area contributed by atoms with Crippen molar-refractivity contribution in [3.8, 4) is 0 Å². The van der Waals surface area contributed by atoms with E-state index in [2.05, 4.69) is 0 Å². The molecule has 2 fully saturated rings. The van der Waals surface area contributed by atoms with Crippen molar-refractivity contribution in [3.63, 3.8) is 0 Å². The first-order valence-electron chi connectivity index (χ1n) is 8.18. The highest BCUT2D eigenvalue weighted by Gasteiger charge is 2.46. The summed E-state index contributed by atoms with van der Waals surface area (Å²) < 4.78 is 10.2. The lowest BCUT2D eigenvalue weighted by Gasteiger charge is -2.27. The van der Waals surface area contributed by atoms with Gasteiger partial charge in [0.15, 0.2) is 6.04 Å². The molecule has 0 aromatic heterocycles. The van der Waals surface area contributed by atoms with Crippen LogP contribution < -0.4 is 9.80 Å². The van der Waals surface area contributed by atoms with Crippen molar-refractivity contribution in [2.24, 2.45) is 0 Å². The van der Waals surface area contributed by atoms with Crippen LogP contribution >= 0.6 is 0 Å². The molecule has 0 saturated carbocycles. The molecule has 0 spiro atoms. The summed E-state index contributed by atoms with van der Waals surface area (Å²) in [5.41, 5.74) is 0.892. The molecule has 2 amide bonds. The minimum Gasteiger partial charge on any atom is -0.462 e. The average Bonchev–Trinajstić information content (AvgIpc) is 2.90. The number of hydrogen-bond acceptors (Lipinski definition) is 5. The number of amides is 2. The second kappa shape index (κ2) is 7.11. The number of carbonyl (C=O) groups excluding carboxylic acids is 3. The summed E-state index contributed by atoms with van der Waals surface area (Å²) in [7, 11) is 0. The molecule has 7 nitrogen and oxygen atoms in total. The van der Waals surface area contributed by atoms with Gasteiger partial charge in [-0.2, -0.15) is 0 Å². The van der Waals surface area contributed by atoms with Crippen LogP contribution in [0.1, 0.15) is 23.7 Å². The van der Waals surface area contributed by atoms with E-state index in [1.165, 1.54) is 4.90 Å². The third kappa shape index (κ3) is 3.18. The summed E-state index contributed by atoms with van der Waals surface area (Å²) in [5.74, 6) is -0.799. The number of morpholine rings is 1. The Morgan fingerprint density at radius 3 is 2.54 bits per heavy atom. The fourth-order valence-electron chi connectivity index (χ4n) is 3.17. The van der Waals surface area contributed by atoms with Gasteiger partial charge >= 0.3 is 5.97 Å². The first kappa shape index (κ1) is 16.6. The highest BCUT2D eigenvalue weighted by Crippen LogP contribution is 2.22. The number of ether oxygens (including phenoxy) is 2. The molecular weight excluding hydrogens is 312 g/mol. The van der Waals surface area contributed by atoms with E-state index < -0.39 is 5.97 Å². The molecular formula is C17H21N2O5+. The maximum Gasteiger partial charge on any atom is 0.338 e. The molecule has 0 aliphatic carbocycles. The lowest BCUT2D eigenvalue weighted by Crippen LogP contribution is -3.18. The van der Waals surface area contributed by atoms with Gasteiger partial charge < -0.3 is 14.4 Å². The smallest absolute Gasteiger partial charge is 0.338 e. The monoisotopic (exact) mass is 333 g/mol. The molecule has 2 aliphatic heterocycles. The Morgan fingerprint density at radius 2 is 1.92 bits per heavy atom. The molecule has 1 aromatic carbocycles.